The Hall–Kier alpha value is -0.370. The Morgan fingerprint density at radius 3 is 2.58 bits per heavy atom. The first-order valence-corrected chi connectivity index (χ1v) is 6.60. The van der Waals surface area contributed by atoms with Crippen LogP contribution in [0.5, 0.6) is 0 Å². The molecule has 114 valence electrons. The normalized spacial score (nSPS) is 22.7. The number of halogens is 3. The van der Waals surface area contributed by atoms with Crippen molar-refractivity contribution < 1.29 is 28.1 Å². The molecule has 2 atom stereocenters. The first-order valence-electron chi connectivity index (χ1n) is 6.60. The molecular formula is C12H22F3NO3. The van der Waals surface area contributed by atoms with Gasteiger partial charge in [-0.15, -0.1) is 0 Å². The van der Waals surface area contributed by atoms with Crippen molar-refractivity contribution in [3.63, 3.8) is 0 Å². The molecule has 1 fully saturated rings. The zero-order valence-electron chi connectivity index (χ0n) is 10.9. The highest BCUT2D eigenvalue weighted by molar-refractivity contribution is 4.73. The first-order chi connectivity index (χ1) is 8.90. The molecule has 0 amide bonds. The van der Waals surface area contributed by atoms with Gasteiger partial charge in [-0.2, -0.15) is 13.2 Å². The van der Waals surface area contributed by atoms with Crippen LogP contribution in [0.15, 0.2) is 0 Å². The average molecular weight is 285 g/mol. The molecule has 0 aromatic heterocycles. The largest absolute Gasteiger partial charge is 0.394 e. The minimum Gasteiger partial charge on any atom is -0.394 e. The molecule has 0 aromatic carbocycles. The van der Waals surface area contributed by atoms with E-state index in [2.05, 4.69) is 0 Å². The molecule has 0 radical (unpaired) electrons. The third kappa shape index (κ3) is 7.71. The summed E-state index contributed by atoms with van der Waals surface area (Å²) in [7, 11) is 0. The van der Waals surface area contributed by atoms with Gasteiger partial charge in [0.15, 0.2) is 0 Å². The fourth-order valence-corrected chi connectivity index (χ4v) is 2.14. The molecule has 4 nitrogen and oxygen atoms in total. The number of alkyl halides is 3. The topological polar surface area (TPSA) is 52.9 Å². The third-order valence-corrected chi connectivity index (χ3v) is 3.13. The lowest BCUT2D eigenvalue weighted by Crippen LogP contribution is -2.42. The summed E-state index contributed by atoms with van der Waals surface area (Å²) < 4.78 is 42.2. The number of aliphatic hydroxyl groups excluding tert-OH is 2. The highest BCUT2D eigenvalue weighted by Crippen LogP contribution is 2.21. The summed E-state index contributed by atoms with van der Waals surface area (Å²) in [6.45, 7) is 0.411. The van der Waals surface area contributed by atoms with E-state index in [9.17, 15) is 18.3 Å². The van der Waals surface area contributed by atoms with E-state index < -0.39 is 25.3 Å². The number of aliphatic hydroxyl groups is 2. The van der Waals surface area contributed by atoms with E-state index in [0.717, 1.165) is 19.3 Å². The van der Waals surface area contributed by atoms with Crippen LogP contribution < -0.4 is 0 Å². The molecule has 0 aliphatic carbocycles. The predicted octanol–water partition coefficient (Wildman–Crippen LogP) is 1.16. The van der Waals surface area contributed by atoms with Gasteiger partial charge in [-0.05, 0) is 19.3 Å². The van der Waals surface area contributed by atoms with Crippen LogP contribution in [0.4, 0.5) is 13.2 Å². The highest BCUT2D eigenvalue weighted by Gasteiger charge is 2.29. The molecule has 0 bridgehead atoms. The van der Waals surface area contributed by atoms with Gasteiger partial charge in [-0.3, -0.25) is 4.90 Å². The highest BCUT2D eigenvalue weighted by atomic mass is 19.4. The maximum absolute atomic E-state index is 12.2. The lowest BCUT2D eigenvalue weighted by molar-refractivity contribution is -0.140. The molecule has 1 rings (SSSR count). The Balaban J connectivity index is 2.42. The standard InChI is InChI=1S/C12H22F3NO3/c13-12(14,15)4-5-16(7-10(18)9-17)8-11-3-1-2-6-19-11/h10-11,17-18H,1-9H2/t10-,11?/m0/s1. The van der Waals surface area contributed by atoms with Crippen molar-refractivity contribution >= 4 is 0 Å². The molecule has 0 saturated carbocycles. The monoisotopic (exact) mass is 285 g/mol. The number of ether oxygens (including phenoxy) is 1. The maximum atomic E-state index is 12.2. The van der Waals surface area contributed by atoms with Gasteiger partial charge in [-0.25, -0.2) is 0 Å². The molecule has 7 heteroatoms. The zero-order chi connectivity index (χ0) is 14.3. The molecule has 1 unspecified atom stereocenters. The van der Waals surface area contributed by atoms with E-state index in [1.807, 2.05) is 0 Å². The van der Waals surface area contributed by atoms with Crippen LogP contribution in [-0.4, -0.2) is 66.3 Å². The van der Waals surface area contributed by atoms with Crippen LogP contribution in [0.25, 0.3) is 0 Å². The molecule has 0 spiro atoms. The summed E-state index contributed by atoms with van der Waals surface area (Å²) in [5, 5.41) is 18.2. The van der Waals surface area contributed by atoms with Crippen LogP contribution in [0.2, 0.25) is 0 Å². The average Bonchev–Trinajstić information content (AvgIpc) is 2.36. The molecule has 1 heterocycles. The summed E-state index contributed by atoms with van der Waals surface area (Å²) in [4.78, 5) is 1.52. The second kappa shape index (κ2) is 8.04. The van der Waals surface area contributed by atoms with Gasteiger partial charge in [0.1, 0.15) is 0 Å². The second-order valence-corrected chi connectivity index (χ2v) is 4.95. The SMILES string of the molecule is OC[C@@H](O)CN(CCC(F)(F)F)CC1CCCCO1. The zero-order valence-corrected chi connectivity index (χ0v) is 10.9. The van der Waals surface area contributed by atoms with Crippen molar-refractivity contribution in [3.8, 4) is 0 Å². The first kappa shape index (κ1) is 16.7. The Bertz CT molecular complexity index is 245. The Labute approximate surface area is 111 Å². The van der Waals surface area contributed by atoms with Crippen molar-refractivity contribution in [2.75, 3.05) is 32.8 Å². The van der Waals surface area contributed by atoms with E-state index >= 15 is 0 Å². The number of nitrogens with zero attached hydrogens (tertiary/aromatic N) is 1. The minimum absolute atomic E-state index is 0.0342. The Morgan fingerprint density at radius 1 is 1.32 bits per heavy atom. The molecule has 1 aliphatic rings. The van der Waals surface area contributed by atoms with Crippen molar-refractivity contribution in [2.45, 2.75) is 44.1 Å². The van der Waals surface area contributed by atoms with Gasteiger partial charge in [-0.1, -0.05) is 0 Å². The Morgan fingerprint density at radius 2 is 2.05 bits per heavy atom. The van der Waals surface area contributed by atoms with Crippen LogP contribution >= 0.6 is 0 Å². The van der Waals surface area contributed by atoms with Crippen molar-refractivity contribution in [3.05, 3.63) is 0 Å². The molecular weight excluding hydrogens is 263 g/mol. The fraction of sp³-hybridized carbons (Fsp3) is 1.00. The maximum Gasteiger partial charge on any atom is 0.390 e. The molecule has 19 heavy (non-hydrogen) atoms. The van der Waals surface area contributed by atoms with E-state index in [1.54, 1.807) is 0 Å². The number of hydrogen-bond acceptors (Lipinski definition) is 4. The molecule has 2 N–H and O–H groups in total. The molecule has 1 aliphatic heterocycles. The lowest BCUT2D eigenvalue weighted by Gasteiger charge is -2.31. The minimum atomic E-state index is -4.21. The van der Waals surface area contributed by atoms with Gasteiger partial charge in [0.25, 0.3) is 0 Å². The fourth-order valence-electron chi connectivity index (χ4n) is 2.14. The Kier molecular flexibility index (Phi) is 7.06. The third-order valence-electron chi connectivity index (χ3n) is 3.13. The van der Waals surface area contributed by atoms with Crippen molar-refractivity contribution in [1.29, 1.82) is 0 Å². The van der Waals surface area contributed by atoms with Crippen LogP contribution in [0, 0.1) is 0 Å². The van der Waals surface area contributed by atoms with Crippen molar-refractivity contribution in [2.24, 2.45) is 0 Å². The number of rotatable bonds is 7. The van der Waals surface area contributed by atoms with Gasteiger partial charge >= 0.3 is 6.18 Å². The number of hydrogen-bond donors (Lipinski definition) is 2. The van der Waals surface area contributed by atoms with E-state index in [1.165, 1.54) is 4.90 Å². The van der Waals surface area contributed by atoms with Crippen LogP contribution in [0.1, 0.15) is 25.7 Å². The van der Waals surface area contributed by atoms with Crippen LogP contribution in [-0.2, 0) is 4.74 Å². The van der Waals surface area contributed by atoms with E-state index in [0.29, 0.717) is 13.2 Å². The predicted molar refractivity (Wildman–Crippen MR) is 63.8 cm³/mol. The lowest BCUT2D eigenvalue weighted by atomic mass is 10.1. The van der Waals surface area contributed by atoms with Crippen LogP contribution in [0.3, 0.4) is 0 Å². The van der Waals surface area contributed by atoms with Gasteiger partial charge in [0.05, 0.1) is 25.2 Å². The summed E-state index contributed by atoms with van der Waals surface area (Å²) in [5.74, 6) is 0. The summed E-state index contributed by atoms with van der Waals surface area (Å²) in [5.41, 5.74) is 0. The molecule has 0 aromatic rings. The van der Waals surface area contributed by atoms with Gasteiger partial charge in [0, 0.05) is 26.2 Å². The summed E-state index contributed by atoms with van der Waals surface area (Å²) in [6, 6.07) is 0. The van der Waals surface area contributed by atoms with E-state index in [4.69, 9.17) is 9.84 Å². The quantitative estimate of drug-likeness (QED) is 0.737. The summed E-state index contributed by atoms with van der Waals surface area (Å²) >= 11 is 0. The van der Waals surface area contributed by atoms with Gasteiger partial charge in [0.2, 0.25) is 0 Å². The second-order valence-electron chi connectivity index (χ2n) is 4.95. The van der Waals surface area contributed by atoms with E-state index in [-0.39, 0.29) is 19.2 Å². The summed E-state index contributed by atoms with van der Waals surface area (Å²) in [6.07, 6.45) is -3.39. The smallest absolute Gasteiger partial charge is 0.390 e. The molecule has 1 saturated heterocycles. The van der Waals surface area contributed by atoms with Gasteiger partial charge < -0.3 is 14.9 Å². The van der Waals surface area contributed by atoms with Crippen molar-refractivity contribution in [1.82, 2.24) is 4.90 Å².